The van der Waals surface area contributed by atoms with Gasteiger partial charge in [0.2, 0.25) is 0 Å². The van der Waals surface area contributed by atoms with Gasteiger partial charge < -0.3 is 5.11 Å². The van der Waals surface area contributed by atoms with Crippen LogP contribution >= 0.6 is 0 Å². The molecule has 0 bridgehead atoms. The molecule has 0 fully saturated rings. The van der Waals surface area contributed by atoms with Crippen molar-refractivity contribution in [2.45, 2.75) is 105 Å². The van der Waals surface area contributed by atoms with Crippen molar-refractivity contribution < 1.29 is 14.7 Å². The third-order valence-electron chi connectivity index (χ3n) is 7.24. The average Bonchev–Trinajstić information content (AvgIpc) is 2.77. The summed E-state index contributed by atoms with van der Waals surface area (Å²) in [6.07, 6.45) is 11.2. The molecule has 0 heterocycles. The van der Waals surface area contributed by atoms with Crippen LogP contribution in [0.3, 0.4) is 0 Å². The molecule has 0 radical (unpaired) electrons. The Morgan fingerprint density at radius 1 is 0.882 bits per heavy atom. The lowest BCUT2D eigenvalue weighted by Gasteiger charge is -2.19. The molecule has 1 N–H and O–H groups in total. The Morgan fingerprint density at radius 3 is 2.06 bits per heavy atom. The van der Waals surface area contributed by atoms with E-state index in [4.69, 9.17) is 0 Å². The molecule has 1 aliphatic carbocycles. The van der Waals surface area contributed by atoms with Crippen LogP contribution in [0.15, 0.2) is 47.1 Å². The van der Waals surface area contributed by atoms with Crippen LogP contribution in [-0.4, -0.2) is 22.8 Å². The maximum atomic E-state index is 12.9. The summed E-state index contributed by atoms with van der Waals surface area (Å²) in [6.45, 7) is 12.9. The summed E-state index contributed by atoms with van der Waals surface area (Å²) < 4.78 is 0. The number of rotatable bonds is 14. The molecule has 0 saturated carbocycles. The molecular weight excluding hydrogens is 420 g/mol. The number of fused-ring (bicyclic) bond motifs is 1. The van der Waals surface area contributed by atoms with Crippen molar-refractivity contribution >= 4 is 11.6 Å². The fourth-order valence-corrected chi connectivity index (χ4v) is 5.03. The molecule has 3 heteroatoms. The van der Waals surface area contributed by atoms with E-state index >= 15 is 0 Å². The zero-order chi connectivity index (χ0) is 25.3. The van der Waals surface area contributed by atoms with E-state index in [1.807, 2.05) is 13.0 Å². The van der Waals surface area contributed by atoms with Crippen molar-refractivity contribution in [1.29, 1.82) is 0 Å². The lowest BCUT2D eigenvalue weighted by Crippen LogP contribution is -2.20. The molecule has 0 spiro atoms. The Bertz CT molecular complexity index is 890. The van der Waals surface area contributed by atoms with Crippen molar-refractivity contribution in [3.8, 4) is 0 Å². The van der Waals surface area contributed by atoms with Crippen molar-refractivity contribution in [3.05, 3.63) is 58.2 Å². The van der Waals surface area contributed by atoms with E-state index < -0.39 is 0 Å². The molecule has 0 aliphatic heterocycles. The summed E-state index contributed by atoms with van der Waals surface area (Å²) in [4.78, 5) is 25.6. The Morgan fingerprint density at radius 2 is 1.44 bits per heavy atom. The Balaban J connectivity index is 1.77. The molecule has 0 aromatic heterocycles. The first-order valence-electron chi connectivity index (χ1n) is 13.3. The number of hydrogen-bond donors (Lipinski definition) is 1. The average molecular weight is 467 g/mol. The van der Waals surface area contributed by atoms with Gasteiger partial charge in [0, 0.05) is 22.3 Å². The number of hydrogen-bond acceptors (Lipinski definition) is 3. The van der Waals surface area contributed by atoms with Crippen molar-refractivity contribution in [1.82, 2.24) is 0 Å². The second kappa shape index (κ2) is 13.8. The van der Waals surface area contributed by atoms with Gasteiger partial charge in [-0.25, -0.2) is 0 Å². The largest absolute Gasteiger partial charge is 0.393 e. The lowest BCUT2D eigenvalue weighted by molar-refractivity contribution is 0.0973. The number of allylic oxidation sites excluding steroid dienone is 3. The van der Waals surface area contributed by atoms with Crippen LogP contribution in [-0.2, 0) is 0 Å². The third kappa shape index (κ3) is 8.65. The second-order valence-corrected chi connectivity index (χ2v) is 11.1. The molecular formula is C31H46O3. The van der Waals surface area contributed by atoms with Gasteiger partial charge in [-0.3, -0.25) is 9.59 Å². The van der Waals surface area contributed by atoms with Crippen LogP contribution in [0.2, 0.25) is 0 Å². The van der Waals surface area contributed by atoms with Crippen LogP contribution < -0.4 is 0 Å². The van der Waals surface area contributed by atoms with Crippen molar-refractivity contribution in [2.24, 2.45) is 17.8 Å². The summed E-state index contributed by atoms with van der Waals surface area (Å²) in [6, 6.07) is 7.05. The number of ketones is 2. The molecule has 1 aliphatic rings. The Labute approximate surface area is 207 Å². The van der Waals surface area contributed by atoms with Gasteiger partial charge in [0.05, 0.1) is 6.10 Å². The van der Waals surface area contributed by atoms with Gasteiger partial charge in [-0.1, -0.05) is 102 Å². The van der Waals surface area contributed by atoms with Gasteiger partial charge >= 0.3 is 0 Å². The summed E-state index contributed by atoms with van der Waals surface area (Å²) in [5, 5.41) is 10.6. The second-order valence-electron chi connectivity index (χ2n) is 11.1. The smallest absolute Gasteiger partial charge is 0.190 e. The Kier molecular flexibility index (Phi) is 11.4. The van der Waals surface area contributed by atoms with E-state index in [-0.39, 0.29) is 17.7 Å². The predicted molar refractivity (Wildman–Crippen MR) is 142 cm³/mol. The van der Waals surface area contributed by atoms with Crippen LogP contribution in [0.5, 0.6) is 0 Å². The molecule has 3 atom stereocenters. The highest BCUT2D eigenvalue weighted by atomic mass is 16.3. The molecule has 34 heavy (non-hydrogen) atoms. The maximum absolute atomic E-state index is 12.9. The lowest BCUT2D eigenvalue weighted by atomic mass is 9.83. The van der Waals surface area contributed by atoms with E-state index in [1.54, 1.807) is 31.2 Å². The minimum atomic E-state index is -0.366. The Hall–Kier alpha value is -2.00. The zero-order valence-electron chi connectivity index (χ0n) is 22.3. The van der Waals surface area contributed by atoms with E-state index in [0.717, 1.165) is 30.3 Å². The molecule has 2 rings (SSSR count). The predicted octanol–water partition coefficient (Wildman–Crippen LogP) is 8.13. The SMILES string of the molecule is CC(=CCC1=C(C)C(=O)c2ccccc2C1=O)CC(O)CC(C)CCCC(C)CCCC(C)C. The van der Waals surface area contributed by atoms with Crippen molar-refractivity contribution in [2.75, 3.05) is 0 Å². The summed E-state index contributed by atoms with van der Waals surface area (Å²) >= 11 is 0. The molecule has 1 aromatic carbocycles. The third-order valence-corrected chi connectivity index (χ3v) is 7.24. The van der Waals surface area contributed by atoms with Crippen LogP contribution in [0.1, 0.15) is 120 Å². The van der Waals surface area contributed by atoms with Gasteiger partial charge in [-0.2, -0.15) is 0 Å². The molecule has 0 saturated heterocycles. The summed E-state index contributed by atoms with van der Waals surface area (Å²) in [5.41, 5.74) is 3.19. The molecule has 1 aromatic rings. The van der Waals surface area contributed by atoms with E-state index in [0.29, 0.717) is 41.0 Å². The minimum absolute atomic E-state index is 0.0515. The molecule has 3 nitrogen and oxygen atoms in total. The van der Waals surface area contributed by atoms with Gasteiger partial charge in [-0.05, 0) is 50.9 Å². The van der Waals surface area contributed by atoms with Crippen molar-refractivity contribution in [3.63, 3.8) is 0 Å². The van der Waals surface area contributed by atoms with E-state index in [1.165, 1.54) is 32.1 Å². The number of Topliss-reactive ketones (excluding diaryl/α,β-unsaturated/α-hetero) is 2. The van der Waals surface area contributed by atoms with Gasteiger partial charge in [0.1, 0.15) is 0 Å². The summed E-state index contributed by atoms with van der Waals surface area (Å²) in [7, 11) is 0. The van der Waals surface area contributed by atoms with E-state index in [9.17, 15) is 14.7 Å². The first kappa shape index (κ1) is 28.2. The van der Waals surface area contributed by atoms with Gasteiger partial charge in [0.25, 0.3) is 0 Å². The number of benzene rings is 1. The highest BCUT2D eigenvalue weighted by Crippen LogP contribution is 2.29. The van der Waals surface area contributed by atoms with Crippen LogP contribution in [0.25, 0.3) is 0 Å². The minimum Gasteiger partial charge on any atom is -0.393 e. The highest BCUT2D eigenvalue weighted by molar-refractivity contribution is 6.26. The number of carbonyl (C=O) groups is 2. The molecule has 3 unspecified atom stereocenters. The maximum Gasteiger partial charge on any atom is 0.190 e. The fraction of sp³-hybridized carbons (Fsp3) is 0.613. The quantitative estimate of drug-likeness (QED) is 0.282. The van der Waals surface area contributed by atoms with Crippen LogP contribution in [0.4, 0.5) is 0 Å². The number of aliphatic hydroxyl groups excluding tert-OH is 1. The van der Waals surface area contributed by atoms with Gasteiger partial charge in [-0.15, -0.1) is 0 Å². The monoisotopic (exact) mass is 466 g/mol. The normalized spacial score (nSPS) is 17.2. The summed E-state index contributed by atoms with van der Waals surface area (Å²) in [5.74, 6) is 1.99. The fourth-order valence-electron chi connectivity index (χ4n) is 5.03. The number of aliphatic hydroxyl groups is 1. The standard InChI is InChI=1S/C31H46O3/c1-21(2)11-9-12-22(3)13-10-14-23(4)19-26(32)20-24(5)17-18-27-25(6)30(33)28-15-7-8-16-29(28)31(27)34/h7-8,15-17,21-23,26,32H,9-14,18-20H2,1-6H3. The topological polar surface area (TPSA) is 54.4 Å². The molecule has 188 valence electrons. The van der Waals surface area contributed by atoms with Gasteiger partial charge in [0.15, 0.2) is 11.6 Å². The first-order valence-corrected chi connectivity index (χ1v) is 13.3. The highest BCUT2D eigenvalue weighted by Gasteiger charge is 2.28. The molecule has 0 amide bonds. The number of carbonyl (C=O) groups excluding carboxylic acids is 2. The zero-order valence-corrected chi connectivity index (χ0v) is 22.3. The van der Waals surface area contributed by atoms with Crippen LogP contribution in [0, 0.1) is 17.8 Å². The van der Waals surface area contributed by atoms with E-state index in [2.05, 4.69) is 27.7 Å². The first-order chi connectivity index (χ1) is 16.1.